The fourth-order valence-electron chi connectivity index (χ4n) is 2.87. The molecule has 6 nitrogen and oxygen atoms in total. The molecule has 2 aromatic carbocycles. The maximum atomic E-state index is 11.6. The second-order valence-corrected chi connectivity index (χ2v) is 6.39. The highest BCUT2D eigenvalue weighted by Crippen LogP contribution is 2.23. The molecule has 1 amide bonds. The molecule has 3 rings (SSSR count). The van der Waals surface area contributed by atoms with Crippen LogP contribution < -0.4 is 10.1 Å². The maximum absolute atomic E-state index is 11.6. The molecule has 3 aromatic rings. The van der Waals surface area contributed by atoms with Crippen LogP contribution in [0.4, 0.5) is 0 Å². The second kappa shape index (κ2) is 9.39. The van der Waals surface area contributed by atoms with E-state index in [2.05, 4.69) is 9.88 Å². The van der Waals surface area contributed by atoms with Gasteiger partial charge in [0.15, 0.2) is 0 Å². The Hall–Kier alpha value is -2.57. The molecule has 27 heavy (non-hydrogen) atoms. The van der Waals surface area contributed by atoms with Gasteiger partial charge in [0.05, 0.1) is 22.6 Å². The van der Waals surface area contributed by atoms with Crippen molar-refractivity contribution >= 4 is 28.5 Å². The summed E-state index contributed by atoms with van der Waals surface area (Å²) in [6, 6.07) is 15.4. The van der Waals surface area contributed by atoms with Gasteiger partial charge in [-0.25, -0.2) is 4.98 Å². The third-order valence-electron chi connectivity index (χ3n) is 4.09. The second-order valence-electron chi connectivity index (χ2n) is 5.98. The van der Waals surface area contributed by atoms with Crippen LogP contribution in [-0.2, 0) is 22.5 Å². The first-order valence-corrected chi connectivity index (χ1v) is 9.14. The van der Waals surface area contributed by atoms with Crippen LogP contribution in [0.15, 0.2) is 48.5 Å². The Morgan fingerprint density at radius 3 is 2.78 bits per heavy atom. The molecule has 0 fully saturated rings. The number of fused-ring (bicyclic) bond motifs is 1. The predicted octanol–water partition coefficient (Wildman–Crippen LogP) is 3.07. The number of halogens is 1. The van der Waals surface area contributed by atoms with Gasteiger partial charge in [-0.2, -0.15) is 0 Å². The molecule has 0 saturated carbocycles. The van der Waals surface area contributed by atoms with Gasteiger partial charge in [0.2, 0.25) is 5.91 Å². The molecule has 0 aliphatic carbocycles. The van der Waals surface area contributed by atoms with Crippen molar-refractivity contribution in [3.8, 4) is 5.75 Å². The predicted molar refractivity (Wildman–Crippen MR) is 105 cm³/mol. The molecule has 0 aliphatic heterocycles. The third kappa shape index (κ3) is 4.99. The lowest BCUT2D eigenvalue weighted by Gasteiger charge is -2.12. The first-order valence-electron chi connectivity index (χ1n) is 8.76. The normalized spacial score (nSPS) is 10.9. The molecule has 0 atom stereocenters. The van der Waals surface area contributed by atoms with Crippen molar-refractivity contribution < 1.29 is 14.3 Å². The standard InChI is InChI=1S/C20H22ClN3O3/c1-26-14-20(25)22-11-10-19-23-16-7-3-4-8-17(16)24(19)12-13-27-18-9-5-2-6-15(18)21/h2-9H,10-14H2,1H3,(H,22,25). The van der Waals surface area contributed by atoms with E-state index in [9.17, 15) is 4.79 Å². The van der Waals surface area contributed by atoms with Gasteiger partial charge in [0.25, 0.3) is 0 Å². The molecule has 0 unspecified atom stereocenters. The van der Waals surface area contributed by atoms with Gasteiger partial charge >= 0.3 is 0 Å². The van der Waals surface area contributed by atoms with Crippen LogP contribution in [0.3, 0.4) is 0 Å². The molecule has 0 bridgehead atoms. The number of para-hydroxylation sites is 3. The minimum absolute atomic E-state index is 0.0576. The van der Waals surface area contributed by atoms with E-state index in [1.165, 1.54) is 7.11 Å². The molecule has 142 valence electrons. The van der Waals surface area contributed by atoms with Crippen molar-refractivity contribution in [3.63, 3.8) is 0 Å². The number of carbonyl (C=O) groups is 1. The molecule has 0 aliphatic rings. The van der Waals surface area contributed by atoms with Gasteiger partial charge in [-0.15, -0.1) is 0 Å². The number of aromatic nitrogens is 2. The number of methoxy groups -OCH3 is 1. The average molecular weight is 388 g/mol. The highest BCUT2D eigenvalue weighted by atomic mass is 35.5. The number of hydrogen-bond donors (Lipinski definition) is 1. The molecule has 0 radical (unpaired) electrons. The average Bonchev–Trinajstić information content (AvgIpc) is 3.01. The number of hydrogen-bond acceptors (Lipinski definition) is 4. The fourth-order valence-corrected chi connectivity index (χ4v) is 3.06. The number of rotatable bonds is 9. The topological polar surface area (TPSA) is 65.4 Å². The summed E-state index contributed by atoms with van der Waals surface area (Å²) in [7, 11) is 1.50. The smallest absolute Gasteiger partial charge is 0.245 e. The molecule has 1 heterocycles. The van der Waals surface area contributed by atoms with E-state index in [1.807, 2.05) is 42.5 Å². The van der Waals surface area contributed by atoms with E-state index in [0.29, 0.717) is 36.9 Å². The number of ether oxygens (including phenoxy) is 2. The zero-order valence-electron chi connectivity index (χ0n) is 15.2. The molecule has 0 saturated heterocycles. The highest BCUT2D eigenvalue weighted by Gasteiger charge is 2.11. The van der Waals surface area contributed by atoms with Gasteiger partial charge in [0, 0.05) is 20.1 Å². The molecule has 7 heteroatoms. The first kappa shape index (κ1) is 19.2. The summed E-state index contributed by atoms with van der Waals surface area (Å²) in [6.07, 6.45) is 0.621. The van der Waals surface area contributed by atoms with Crippen LogP contribution in [0, 0.1) is 0 Å². The van der Waals surface area contributed by atoms with Gasteiger partial charge < -0.3 is 19.4 Å². The molecular weight excluding hydrogens is 366 g/mol. The number of amides is 1. The Bertz CT molecular complexity index is 910. The van der Waals surface area contributed by atoms with E-state index in [-0.39, 0.29) is 12.5 Å². The van der Waals surface area contributed by atoms with Gasteiger partial charge in [-0.1, -0.05) is 35.9 Å². The van der Waals surface area contributed by atoms with Crippen LogP contribution in [-0.4, -0.2) is 42.3 Å². The zero-order chi connectivity index (χ0) is 19.1. The molecule has 1 N–H and O–H groups in total. The van der Waals surface area contributed by atoms with Crippen LogP contribution >= 0.6 is 11.6 Å². The van der Waals surface area contributed by atoms with Gasteiger partial charge in [-0.3, -0.25) is 4.79 Å². The summed E-state index contributed by atoms with van der Waals surface area (Å²) in [5.41, 5.74) is 1.96. The lowest BCUT2D eigenvalue weighted by atomic mass is 10.3. The Kier molecular flexibility index (Phi) is 6.68. The summed E-state index contributed by atoms with van der Waals surface area (Å²) in [5.74, 6) is 1.43. The van der Waals surface area contributed by atoms with Crippen LogP contribution in [0.5, 0.6) is 5.75 Å². The summed E-state index contributed by atoms with van der Waals surface area (Å²) in [4.78, 5) is 16.3. The van der Waals surface area contributed by atoms with Crippen molar-refractivity contribution in [3.05, 3.63) is 59.4 Å². The van der Waals surface area contributed by atoms with Crippen LogP contribution in [0.25, 0.3) is 11.0 Å². The van der Waals surface area contributed by atoms with Crippen molar-refractivity contribution in [2.45, 2.75) is 13.0 Å². The van der Waals surface area contributed by atoms with Crippen molar-refractivity contribution in [1.82, 2.24) is 14.9 Å². The summed E-state index contributed by atoms with van der Waals surface area (Å²) in [5, 5.41) is 3.42. The Balaban J connectivity index is 1.68. The molecule has 1 aromatic heterocycles. The summed E-state index contributed by atoms with van der Waals surface area (Å²) < 4.78 is 12.8. The van der Waals surface area contributed by atoms with E-state index in [4.69, 9.17) is 26.1 Å². The van der Waals surface area contributed by atoms with Gasteiger partial charge in [-0.05, 0) is 24.3 Å². The minimum atomic E-state index is -0.137. The van der Waals surface area contributed by atoms with Crippen LogP contribution in [0.2, 0.25) is 5.02 Å². The van der Waals surface area contributed by atoms with Crippen molar-refractivity contribution in [2.75, 3.05) is 26.9 Å². The van der Waals surface area contributed by atoms with Crippen LogP contribution in [0.1, 0.15) is 5.82 Å². The number of nitrogens with zero attached hydrogens (tertiary/aromatic N) is 2. The number of carbonyl (C=O) groups excluding carboxylic acids is 1. The minimum Gasteiger partial charge on any atom is -0.490 e. The van der Waals surface area contributed by atoms with E-state index in [1.54, 1.807) is 6.07 Å². The van der Waals surface area contributed by atoms with Crippen molar-refractivity contribution in [2.24, 2.45) is 0 Å². The number of benzene rings is 2. The lowest BCUT2D eigenvalue weighted by molar-refractivity contribution is -0.124. The quantitative estimate of drug-likeness (QED) is 0.612. The maximum Gasteiger partial charge on any atom is 0.245 e. The summed E-state index contributed by atoms with van der Waals surface area (Å²) in [6.45, 7) is 1.65. The Morgan fingerprint density at radius 2 is 1.96 bits per heavy atom. The van der Waals surface area contributed by atoms with E-state index in [0.717, 1.165) is 16.9 Å². The Morgan fingerprint density at radius 1 is 1.19 bits per heavy atom. The van der Waals surface area contributed by atoms with Crippen molar-refractivity contribution in [1.29, 1.82) is 0 Å². The highest BCUT2D eigenvalue weighted by molar-refractivity contribution is 6.32. The lowest BCUT2D eigenvalue weighted by Crippen LogP contribution is -2.29. The van der Waals surface area contributed by atoms with Gasteiger partial charge in [0.1, 0.15) is 24.8 Å². The Labute approximate surface area is 163 Å². The zero-order valence-corrected chi connectivity index (χ0v) is 15.9. The van der Waals surface area contributed by atoms with E-state index < -0.39 is 0 Å². The number of nitrogens with one attached hydrogen (secondary N) is 1. The third-order valence-corrected chi connectivity index (χ3v) is 4.40. The number of imidazole rings is 1. The first-order chi connectivity index (χ1) is 13.2. The molecule has 0 spiro atoms. The largest absolute Gasteiger partial charge is 0.490 e. The fraction of sp³-hybridized carbons (Fsp3) is 0.300. The molecular formula is C20H22ClN3O3. The monoisotopic (exact) mass is 387 g/mol. The summed E-state index contributed by atoms with van der Waals surface area (Å²) >= 11 is 6.14. The SMILES string of the molecule is COCC(=O)NCCc1nc2ccccc2n1CCOc1ccccc1Cl. The van der Waals surface area contributed by atoms with E-state index >= 15 is 0 Å².